The molecule has 2 N–H and O–H groups in total. The predicted molar refractivity (Wildman–Crippen MR) is 56.7 cm³/mol. The Balaban J connectivity index is 2.01. The van der Waals surface area contributed by atoms with Crippen molar-refractivity contribution >= 4 is 5.91 Å². The van der Waals surface area contributed by atoms with E-state index in [1.54, 1.807) is 7.11 Å². The van der Waals surface area contributed by atoms with Gasteiger partial charge in [0.1, 0.15) is 0 Å². The van der Waals surface area contributed by atoms with Crippen molar-refractivity contribution in [3.63, 3.8) is 0 Å². The van der Waals surface area contributed by atoms with E-state index in [2.05, 4.69) is 10.6 Å². The number of carbonyl (C=O) groups is 1. The van der Waals surface area contributed by atoms with E-state index in [1.807, 2.05) is 0 Å². The van der Waals surface area contributed by atoms with Crippen molar-refractivity contribution in [2.45, 2.75) is 18.9 Å². The van der Waals surface area contributed by atoms with Gasteiger partial charge in [-0.05, 0) is 12.8 Å². The number of hydrogen-bond acceptors (Lipinski definition) is 4. The molecule has 0 spiro atoms. The Morgan fingerprint density at radius 2 is 2.47 bits per heavy atom. The Kier molecular flexibility index (Phi) is 6.31. The highest BCUT2D eigenvalue weighted by atomic mass is 16.5. The topological polar surface area (TPSA) is 59.6 Å². The summed E-state index contributed by atoms with van der Waals surface area (Å²) in [6.07, 6.45) is 2.05. The van der Waals surface area contributed by atoms with Gasteiger partial charge in [-0.1, -0.05) is 0 Å². The van der Waals surface area contributed by atoms with Gasteiger partial charge in [0.25, 0.3) is 0 Å². The Labute approximate surface area is 90.5 Å². The first-order valence-electron chi connectivity index (χ1n) is 5.39. The molecule has 0 radical (unpaired) electrons. The van der Waals surface area contributed by atoms with Gasteiger partial charge in [0.15, 0.2) is 0 Å². The van der Waals surface area contributed by atoms with E-state index in [0.29, 0.717) is 26.3 Å². The zero-order chi connectivity index (χ0) is 10.9. The molecule has 1 amide bonds. The summed E-state index contributed by atoms with van der Waals surface area (Å²) in [6, 6.07) is 0.190. The molecule has 0 aliphatic carbocycles. The molecular formula is C10H20N2O3. The largest absolute Gasteiger partial charge is 0.383 e. The van der Waals surface area contributed by atoms with Crippen LogP contribution >= 0.6 is 0 Å². The van der Waals surface area contributed by atoms with Gasteiger partial charge in [-0.15, -0.1) is 0 Å². The van der Waals surface area contributed by atoms with Crippen molar-refractivity contribution < 1.29 is 14.3 Å². The maximum atomic E-state index is 11.4. The number of rotatable bonds is 6. The van der Waals surface area contributed by atoms with Crippen LogP contribution < -0.4 is 10.6 Å². The standard InChI is InChI=1S/C10H20N2O3/c1-14-6-4-11-7-10(13)12-9-3-2-5-15-8-9/h9,11H,2-8H2,1H3,(H,12,13). The molecule has 1 heterocycles. The molecule has 1 atom stereocenters. The molecule has 1 fully saturated rings. The van der Waals surface area contributed by atoms with Gasteiger partial charge < -0.3 is 20.1 Å². The first kappa shape index (κ1) is 12.4. The lowest BCUT2D eigenvalue weighted by atomic mass is 10.1. The molecule has 1 aliphatic heterocycles. The Morgan fingerprint density at radius 3 is 3.13 bits per heavy atom. The minimum absolute atomic E-state index is 0.0293. The highest BCUT2D eigenvalue weighted by Crippen LogP contribution is 2.04. The summed E-state index contributed by atoms with van der Waals surface area (Å²) in [5, 5.41) is 5.93. The van der Waals surface area contributed by atoms with E-state index < -0.39 is 0 Å². The Bertz CT molecular complexity index is 182. The fraction of sp³-hybridized carbons (Fsp3) is 0.900. The molecule has 5 nitrogen and oxygen atoms in total. The van der Waals surface area contributed by atoms with E-state index in [9.17, 15) is 4.79 Å². The van der Waals surface area contributed by atoms with Gasteiger partial charge in [-0.2, -0.15) is 0 Å². The normalized spacial score (nSPS) is 21.3. The van der Waals surface area contributed by atoms with Crippen LogP contribution in [-0.2, 0) is 14.3 Å². The second-order valence-electron chi connectivity index (χ2n) is 3.65. The van der Waals surface area contributed by atoms with Gasteiger partial charge in [0, 0.05) is 20.3 Å². The molecule has 15 heavy (non-hydrogen) atoms. The number of hydrogen-bond donors (Lipinski definition) is 2. The fourth-order valence-corrected chi connectivity index (χ4v) is 1.51. The minimum atomic E-state index is 0.0293. The predicted octanol–water partition coefficient (Wildman–Crippen LogP) is -0.482. The monoisotopic (exact) mass is 216 g/mol. The fourth-order valence-electron chi connectivity index (χ4n) is 1.51. The van der Waals surface area contributed by atoms with Crippen molar-refractivity contribution in [2.75, 3.05) is 40.0 Å². The third-order valence-corrected chi connectivity index (χ3v) is 2.29. The lowest BCUT2D eigenvalue weighted by Gasteiger charge is -2.23. The van der Waals surface area contributed by atoms with Gasteiger partial charge in [-0.25, -0.2) is 0 Å². The van der Waals surface area contributed by atoms with Crippen molar-refractivity contribution in [3.05, 3.63) is 0 Å². The number of methoxy groups -OCH3 is 1. The molecule has 1 unspecified atom stereocenters. The summed E-state index contributed by atoms with van der Waals surface area (Å²) < 4.78 is 10.1. The molecule has 0 aromatic carbocycles. The van der Waals surface area contributed by atoms with Gasteiger partial charge >= 0.3 is 0 Å². The zero-order valence-corrected chi connectivity index (χ0v) is 9.25. The third kappa shape index (κ3) is 5.71. The number of nitrogens with one attached hydrogen (secondary N) is 2. The van der Waals surface area contributed by atoms with Crippen LogP contribution in [0.2, 0.25) is 0 Å². The smallest absolute Gasteiger partial charge is 0.234 e. The number of carbonyl (C=O) groups excluding carboxylic acids is 1. The molecular weight excluding hydrogens is 196 g/mol. The van der Waals surface area contributed by atoms with Crippen molar-refractivity contribution in [2.24, 2.45) is 0 Å². The Morgan fingerprint density at radius 1 is 1.60 bits per heavy atom. The summed E-state index contributed by atoms with van der Waals surface area (Å²) in [4.78, 5) is 11.4. The lowest BCUT2D eigenvalue weighted by Crippen LogP contribution is -2.44. The minimum Gasteiger partial charge on any atom is -0.383 e. The zero-order valence-electron chi connectivity index (χ0n) is 9.25. The Hall–Kier alpha value is -0.650. The van der Waals surface area contributed by atoms with Crippen LogP contribution in [0.25, 0.3) is 0 Å². The van der Waals surface area contributed by atoms with Gasteiger partial charge in [0.2, 0.25) is 5.91 Å². The molecule has 0 aromatic heterocycles. The van der Waals surface area contributed by atoms with Crippen LogP contribution in [0.4, 0.5) is 0 Å². The second kappa shape index (κ2) is 7.62. The first-order chi connectivity index (χ1) is 7.33. The second-order valence-corrected chi connectivity index (χ2v) is 3.65. The van der Waals surface area contributed by atoms with E-state index >= 15 is 0 Å². The van der Waals surface area contributed by atoms with Gasteiger partial charge in [0.05, 0.1) is 25.8 Å². The summed E-state index contributed by atoms with van der Waals surface area (Å²) in [5.74, 6) is 0.0293. The number of ether oxygens (including phenoxy) is 2. The summed E-state index contributed by atoms with van der Waals surface area (Å²) in [7, 11) is 1.64. The van der Waals surface area contributed by atoms with E-state index in [0.717, 1.165) is 19.4 Å². The van der Waals surface area contributed by atoms with Crippen LogP contribution in [0.5, 0.6) is 0 Å². The van der Waals surface area contributed by atoms with Crippen molar-refractivity contribution in [1.29, 1.82) is 0 Å². The molecule has 1 saturated heterocycles. The van der Waals surface area contributed by atoms with E-state index in [1.165, 1.54) is 0 Å². The highest BCUT2D eigenvalue weighted by Gasteiger charge is 2.15. The van der Waals surface area contributed by atoms with E-state index in [4.69, 9.17) is 9.47 Å². The molecule has 5 heteroatoms. The van der Waals surface area contributed by atoms with Crippen LogP contribution in [0.1, 0.15) is 12.8 Å². The van der Waals surface area contributed by atoms with Crippen LogP contribution in [0.15, 0.2) is 0 Å². The molecule has 0 saturated carbocycles. The molecule has 0 bridgehead atoms. The molecule has 1 rings (SSSR count). The highest BCUT2D eigenvalue weighted by molar-refractivity contribution is 5.78. The molecule has 1 aliphatic rings. The first-order valence-corrected chi connectivity index (χ1v) is 5.39. The van der Waals surface area contributed by atoms with Crippen molar-refractivity contribution in [1.82, 2.24) is 10.6 Å². The summed E-state index contributed by atoms with van der Waals surface area (Å²) in [6.45, 7) is 3.13. The maximum absolute atomic E-state index is 11.4. The third-order valence-electron chi connectivity index (χ3n) is 2.29. The van der Waals surface area contributed by atoms with Crippen LogP contribution in [-0.4, -0.2) is 52.0 Å². The SMILES string of the molecule is COCCNCC(=O)NC1CCCOC1. The van der Waals surface area contributed by atoms with Crippen LogP contribution in [0.3, 0.4) is 0 Å². The quantitative estimate of drug-likeness (QED) is 0.589. The summed E-state index contributed by atoms with van der Waals surface area (Å²) in [5.41, 5.74) is 0. The summed E-state index contributed by atoms with van der Waals surface area (Å²) >= 11 is 0. The lowest BCUT2D eigenvalue weighted by molar-refractivity contribution is -0.121. The number of amides is 1. The maximum Gasteiger partial charge on any atom is 0.234 e. The van der Waals surface area contributed by atoms with Crippen molar-refractivity contribution in [3.8, 4) is 0 Å². The average molecular weight is 216 g/mol. The van der Waals surface area contributed by atoms with E-state index in [-0.39, 0.29) is 11.9 Å². The van der Waals surface area contributed by atoms with Gasteiger partial charge in [-0.3, -0.25) is 4.79 Å². The molecule has 0 aromatic rings. The molecule has 88 valence electrons. The van der Waals surface area contributed by atoms with Crippen LogP contribution in [0, 0.1) is 0 Å². The average Bonchev–Trinajstić information content (AvgIpc) is 2.26.